The van der Waals surface area contributed by atoms with Crippen molar-refractivity contribution >= 4 is 23.2 Å². The number of carbonyl (C=O) groups is 1. The highest BCUT2D eigenvalue weighted by molar-refractivity contribution is 6.31. The first-order valence-corrected chi connectivity index (χ1v) is 6.02. The maximum absolute atomic E-state index is 12.9. The zero-order valence-electron chi connectivity index (χ0n) is 10.1. The summed E-state index contributed by atoms with van der Waals surface area (Å²) in [6, 6.07) is 4.00. The monoisotopic (exact) mass is 274 g/mol. The molecule has 18 heavy (non-hydrogen) atoms. The van der Waals surface area contributed by atoms with Gasteiger partial charge < -0.3 is 10.4 Å². The smallest absolute Gasteiger partial charge is 0.238 e. The SMILES string of the molecule is CCN(CCO)CC(=O)Nc1ccc(F)c(Cl)c1. The highest BCUT2D eigenvalue weighted by atomic mass is 35.5. The van der Waals surface area contributed by atoms with E-state index < -0.39 is 5.82 Å². The highest BCUT2D eigenvalue weighted by Crippen LogP contribution is 2.19. The summed E-state index contributed by atoms with van der Waals surface area (Å²) >= 11 is 5.61. The molecule has 0 atom stereocenters. The van der Waals surface area contributed by atoms with E-state index in [1.165, 1.54) is 18.2 Å². The van der Waals surface area contributed by atoms with E-state index in [-0.39, 0.29) is 24.1 Å². The first-order valence-electron chi connectivity index (χ1n) is 5.65. The minimum atomic E-state index is -0.523. The van der Waals surface area contributed by atoms with E-state index >= 15 is 0 Å². The first kappa shape index (κ1) is 14.9. The van der Waals surface area contributed by atoms with Crippen molar-refractivity contribution in [2.45, 2.75) is 6.92 Å². The summed E-state index contributed by atoms with van der Waals surface area (Å²) in [5, 5.41) is 11.4. The van der Waals surface area contributed by atoms with Gasteiger partial charge in [0.15, 0.2) is 0 Å². The molecule has 0 unspecified atom stereocenters. The summed E-state index contributed by atoms with van der Waals surface area (Å²) in [6.07, 6.45) is 0. The predicted octanol–water partition coefficient (Wildman–Crippen LogP) is 1.73. The van der Waals surface area contributed by atoms with Gasteiger partial charge in [0.2, 0.25) is 5.91 Å². The van der Waals surface area contributed by atoms with E-state index in [0.717, 1.165) is 0 Å². The molecule has 1 aromatic carbocycles. The molecular weight excluding hydrogens is 259 g/mol. The first-order chi connectivity index (χ1) is 8.56. The highest BCUT2D eigenvalue weighted by Gasteiger charge is 2.09. The Labute approximate surface area is 110 Å². The molecule has 6 heteroatoms. The van der Waals surface area contributed by atoms with Crippen molar-refractivity contribution in [1.82, 2.24) is 4.90 Å². The van der Waals surface area contributed by atoms with Crippen LogP contribution in [-0.4, -0.2) is 42.2 Å². The molecule has 0 fully saturated rings. The Balaban J connectivity index is 2.55. The lowest BCUT2D eigenvalue weighted by Gasteiger charge is -2.18. The summed E-state index contributed by atoms with van der Waals surface area (Å²) in [5.41, 5.74) is 0.450. The number of benzene rings is 1. The van der Waals surface area contributed by atoms with Gasteiger partial charge in [0.1, 0.15) is 5.82 Å². The zero-order valence-corrected chi connectivity index (χ0v) is 10.9. The van der Waals surface area contributed by atoms with Crippen LogP contribution in [0.5, 0.6) is 0 Å². The number of aliphatic hydroxyl groups is 1. The second-order valence-corrected chi connectivity index (χ2v) is 4.18. The Hall–Kier alpha value is -1.17. The maximum Gasteiger partial charge on any atom is 0.238 e. The van der Waals surface area contributed by atoms with Crippen LogP contribution >= 0.6 is 11.6 Å². The number of likely N-dealkylation sites (N-methyl/N-ethyl adjacent to an activating group) is 1. The molecule has 0 heterocycles. The fourth-order valence-corrected chi connectivity index (χ4v) is 1.65. The van der Waals surface area contributed by atoms with E-state index in [1.807, 2.05) is 6.92 Å². The molecule has 0 aliphatic heterocycles. The predicted molar refractivity (Wildman–Crippen MR) is 69.2 cm³/mol. The topological polar surface area (TPSA) is 52.6 Å². The standard InChI is InChI=1S/C12H16ClFN2O2/c1-2-16(5-6-17)8-12(18)15-9-3-4-11(14)10(13)7-9/h3-4,7,17H,2,5-6,8H2,1H3,(H,15,18). The molecule has 0 spiro atoms. The van der Waals surface area contributed by atoms with Crippen molar-refractivity contribution in [1.29, 1.82) is 0 Å². The van der Waals surface area contributed by atoms with Crippen LogP contribution < -0.4 is 5.32 Å². The van der Waals surface area contributed by atoms with E-state index in [1.54, 1.807) is 4.90 Å². The maximum atomic E-state index is 12.9. The van der Waals surface area contributed by atoms with Crippen LogP contribution in [0.3, 0.4) is 0 Å². The van der Waals surface area contributed by atoms with Crippen molar-refractivity contribution in [3.63, 3.8) is 0 Å². The zero-order chi connectivity index (χ0) is 13.5. The second-order valence-electron chi connectivity index (χ2n) is 3.77. The Morgan fingerprint density at radius 2 is 2.28 bits per heavy atom. The molecule has 0 saturated heterocycles. The largest absolute Gasteiger partial charge is 0.395 e. The molecule has 4 nitrogen and oxygen atoms in total. The average Bonchev–Trinajstić information content (AvgIpc) is 2.33. The number of carbonyl (C=O) groups excluding carboxylic acids is 1. The van der Waals surface area contributed by atoms with Gasteiger partial charge in [-0.1, -0.05) is 18.5 Å². The van der Waals surface area contributed by atoms with Gasteiger partial charge in [-0.2, -0.15) is 0 Å². The van der Waals surface area contributed by atoms with Crippen molar-refractivity contribution < 1.29 is 14.3 Å². The van der Waals surface area contributed by atoms with Crippen LogP contribution in [0, 0.1) is 5.82 Å². The number of nitrogens with zero attached hydrogens (tertiary/aromatic N) is 1. The van der Waals surface area contributed by atoms with Gasteiger partial charge in [-0.25, -0.2) is 4.39 Å². The molecule has 0 bridgehead atoms. The molecule has 0 aliphatic rings. The minimum absolute atomic E-state index is 0.00347. The van der Waals surface area contributed by atoms with Crippen molar-refractivity contribution in [2.75, 3.05) is 31.6 Å². The van der Waals surface area contributed by atoms with Gasteiger partial charge in [0.05, 0.1) is 18.2 Å². The van der Waals surface area contributed by atoms with Crippen LogP contribution in [0.15, 0.2) is 18.2 Å². The molecule has 0 aromatic heterocycles. The summed E-state index contributed by atoms with van der Waals surface area (Å²) in [7, 11) is 0. The van der Waals surface area contributed by atoms with Gasteiger partial charge in [-0.05, 0) is 24.7 Å². The summed E-state index contributed by atoms with van der Waals surface area (Å²) < 4.78 is 12.9. The molecular formula is C12H16ClFN2O2. The fraction of sp³-hybridized carbons (Fsp3) is 0.417. The van der Waals surface area contributed by atoms with Crippen LogP contribution in [0.2, 0.25) is 5.02 Å². The molecule has 0 radical (unpaired) electrons. The third kappa shape index (κ3) is 4.60. The van der Waals surface area contributed by atoms with E-state index in [2.05, 4.69) is 5.32 Å². The van der Waals surface area contributed by atoms with E-state index in [0.29, 0.717) is 18.8 Å². The number of aliphatic hydroxyl groups excluding tert-OH is 1. The Bertz CT molecular complexity index is 415. The van der Waals surface area contributed by atoms with E-state index in [4.69, 9.17) is 16.7 Å². The number of nitrogens with one attached hydrogen (secondary N) is 1. The summed E-state index contributed by atoms with van der Waals surface area (Å²) in [5.74, 6) is -0.752. The number of halogens is 2. The van der Waals surface area contributed by atoms with Crippen molar-refractivity contribution in [2.24, 2.45) is 0 Å². The molecule has 0 saturated carbocycles. The normalized spacial score (nSPS) is 10.7. The molecule has 1 rings (SSSR count). The average molecular weight is 275 g/mol. The van der Waals surface area contributed by atoms with Crippen LogP contribution in [0.1, 0.15) is 6.92 Å². The van der Waals surface area contributed by atoms with Crippen LogP contribution in [0.25, 0.3) is 0 Å². The quantitative estimate of drug-likeness (QED) is 0.831. The fourth-order valence-electron chi connectivity index (χ4n) is 1.47. The van der Waals surface area contributed by atoms with E-state index in [9.17, 15) is 9.18 Å². The lowest BCUT2D eigenvalue weighted by Crippen LogP contribution is -2.35. The minimum Gasteiger partial charge on any atom is -0.395 e. The van der Waals surface area contributed by atoms with Gasteiger partial charge >= 0.3 is 0 Å². The molecule has 100 valence electrons. The Morgan fingerprint density at radius 3 is 2.83 bits per heavy atom. The molecule has 2 N–H and O–H groups in total. The molecule has 1 aromatic rings. The van der Waals surface area contributed by atoms with Crippen molar-refractivity contribution in [3.8, 4) is 0 Å². The van der Waals surface area contributed by atoms with Crippen LogP contribution in [-0.2, 0) is 4.79 Å². The Kier molecular flexibility index (Phi) is 6.04. The summed E-state index contributed by atoms with van der Waals surface area (Å²) in [6.45, 7) is 3.18. The number of anilines is 1. The van der Waals surface area contributed by atoms with Gasteiger partial charge in [0, 0.05) is 12.2 Å². The Morgan fingerprint density at radius 1 is 1.56 bits per heavy atom. The number of amides is 1. The van der Waals surface area contributed by atoms with Gasteiger partial charge in [-0.15, -0.1) is 0 Å². The third-order valence-corrected chi connectivity index (χ3v) is 2.72. The summed E-state index contributed by atoms with van der Waals surface area (Å²) in [4.78, 5) is 13.5. The second kappa shape index (κ2) is 7.31. The lowest BCUT2D eigenvalue weighted by atomic mass is 10.3. The number of rotatable bonds is 6. The molecule has 0 aliphatic carbocycles. The number of hydrogen-bond acceptors (Lipinski definition) is 3. The van der Waals surface area contributed by atoms with Crippen molar-refractivity contribution in [3.05, 3.63) is 29.0 Å². The number of hydrogen-bond donors (Lipinski definition) is 2. The third-order valence-electron chi connectivity index (χ3n) is 2.43. The van der Waals surface area contributed by atoms with Gasteiger partial charge in [-0.3, -0.25) is 9.69 Å². The van der Waals surface area contributed by atoms with Crippen LogP contribution in [0.4, 0.5) is 10.1 Å². The van der Waals surface area contributed by atoms with Gasteiger partial charge in [0.25, 0.3) is 0 Å². The lowest BCUT2D eigenvalue weighted by molar-refractivity contribution is -0.117. The molecule has 1 amide bonds.